The highest BCUT2D eigenvalue weighted by atomic mass is 127. The number of ether oxygens (including phenoxy) is 1. The number of aromatic nitrogens is 2. The molecule has 1 aromatic heterocycles. The zero-order chi connectivity index (χ0) is 20.3. The molecule has 0 unspecified atom stereocenters. The number of rotatable bonds is 6. The third kappa shape index (κ3) is 4.52. The lowest BCUT2D eigenvalue weighted by molar-refractivity contribution is 0.360. The molecular weight excluding hydrogens is 533 g/mol. The van der Waals surface area contributed by atoms with E-state index >= 15 is 0 Å². The minimum atomic E-state index is -0.188. The summed E-state index contributed by atoms with van der Waals surface area (Å²) in [5.74, 6) is 1.46. The van der Waals surface area contributed by atoms with Crippen LogP contribution in [0.2, 0.25) is 0 Å². The molecule has 0 aliphatic rings. The SMILES string of the molecule is C=CCOc1ccc(C=Nn2c(C(C)C)nc3ccc(Br)cc3c2=O)cc1I. The summed E-state index contributed by atoms with van der Waals surface area (Å²) in [4.78, 5) is 17.7. The fourth-order valence-electron chi connectivity index (χ4n) is 2.64. The Bertz CT molecular complexity index is 1120. The standard InChI is InChI=1S/C21H19BrIN3O2/c1-4-9-28-19-8-5-14(10-17(19)23)12-24-26-20(13(2)3)25-18-7-6-15(22)11-16(18)21(26)27/h4-8,10-13H,1,9H2,2-3H3. The minimum Gasteiger partial charge on any atom is -0.488 e. The fraction of sp³-hybridized carbons (Fsp3) is 0.190. The Morgan fingerprint density at radius 2 is 2.11 bits per heavy atom. The molecule has 0 radical (unpaired) electrons. The van der Waals surface area contributed by atoms with Crippen molar-refractivity contribution in [1.82, 2.24) is 9.66 Å². The molecule has 2 aromatic carbocycles. The van der Waals surface area contributed by atoms with Gasteiger partial charge in [0.05, 0.1) is 20.7 Å². The first-order valence-electron chi connectivity index (χ1n) is 8.70. The largest absolute Gasteiger partial charge is 0.488 e. The Balaban J connectivity index is 2.04. The Morgan fingerprint density at radius 1 is 1.32 bits per heavy atom. The van der Waals surface area contributed by atoms with E-state index < -0.39 is 0 Å². The van der Waals surface area contributed by atoms with E-state index in [1.807, 2.05) is 44.2 Å². The molecule has 0 atom stereocenters. The van der Waals surface area contributed by atoms with Gasteiger partial charge in [0.1, 0.15) is 18.2 Å². The minimum absolute atomic E-state index is 0.0488. The van der Waals surface area contributed by atoms with Crippen LogP contribution < -0.4 is 10.3 Å². The molecule has 5 nitrogen and oxygen atoms in total. The third-order valence-electron chi connectivity index (χ3n) is 3.98. The monoisotopic (exact) mass is 551 g/mol. The smallest absolute Gasteiger partial charge is 0.282 e. The van der Waals surface area contributed by atoms with E-state index in [1.54, 1.807) is 18.4 Å². The molecule has 144 valence electrons. The highest BCUT2D eigenvalue weighted by molar-refractivity contribution is 14.1. The van der Waals surface area contributed by atoms with Crippen molar-refractivity contribution < 1.29 is 4.74 Å². The third-order valence-corrected chi connectivity index (χ3v) is 5.32. The van der Waals surface area contributed by atoms with Gasteiger partial charge in [-0.3, -0.25) is 4.79 Å². The molecule has 0 saturated heterocycles. The van der Waals surface area contributed by atoms with Crippen LogP contribution in [0.1, 0.15) is 31.2 Å². The van der Waals surface area contributed by atoms with Crippen molar-refractivity contribution in [3.05, 3.63) is 78.8 Å². The van der Waals surface area contributed by atoms with Gasteiger partial charge in [-0.15, -0.1) is 0 Å². The second-order valence-corrected chi connectivity index (χ2v) is 8.52. The summed E-state index contributed by atoms with van der Waals surface area (Å²) in [7, 11) is 0. The molecule has 0 amide bonds. The van der Waals surface area contributed by atoms with Crippen LogP contribution in [0.4, 0.5) is 0 Å². The van der Waals surface area contributed by atoms with Crippen molar-refractivity contribution in [2.45, 2.75) is 19.8 Å². The van der Waals surface area contributed by atoms with Crippen LogP contribution in [0.25, 0.3) is 10.9 Å². The number of benzene rings is 2. The van der Waals surface area contributed by atoms with Crippen LogP contribution in [0.3, 0.4) is 0 Å². The molecule has 7 heteroatoms. The van der Waals surface area contributed by atoms with Gasteiger partial charge in [-0.05, 0) is 64.6 Å². The summed E-state index contributed by atoms with van der Waals surface area (Å²) in [6, 6.07) is 11.2. The number of hydrogen-bond acceptors (Lipinski definition) is 4. The van der Waals surface area contributed by atoms with Crippen LogP contribution in [-0.2, 0) is 0 Å². The molecule has 0 bridgehead atoms. The summed E-state index contributed by atoms with van der Waals surface area (Å²) in [5.41, 5.74) is 1.35. The Kier molecular flexibility index (Phi) is 6.66. The average Bonchev–Trinajstić information content (AvgIpc) is 2.66. The summed E-state index contributed by atoms with van der Waals surface area (Å²) < 4.78 is 8.77. The number of hydrogen-bond donors (Lipinski definition) is 0. The maximum Gasteiger partial charge on any atom is 0.282 e. The van der Waals surface area contributed by atoms with Crippen molar-refractivity contribution in [3.8, 4) is 5.75 Å². The highest BCUT2D eigenvalue weighted by Gasteiger charge is 2.13. The molecule has 0 saturated carbocycles. The van der Waals surface area contributed by atoms with E-state index in [0.29, 0.717) is 23.3 Å². The van der Waals surface area contributed by atoms with E-state index in [4.69, 9.17) is 4.74 Å². The highest BCUT2D eigenvalue weighted by Crippen LogP contribution is 2.22. The summed E-state index contributed by atoms with van der Waals surface area (Å²) >= 11 is 5.63. The van der Waals surface area contributed by atoms with E-state index in [2.05, 4.69) is 55.2 Å². The molecule has 0 aliphatic heterocycles. The van der Waals surface area contributed by atoms with E-state index in [9.17, 15) is 4.79 Å². The zero-order valence-electron chi connectivity index (χ0n) is 15.5. The summed E-state index contributed by atoms with van der Waals surface area (Å²) in [5, 5.41) is 4.98. The summed E-state index contributed by atoms with van der Waals surface area (Å²) in [6.45, 7) is 8.09. The van der Waals surface area contributed by atoms with Crippen molar-refractivity contribution in [3.63, 3.8) is 0 Å². The molecule has 0 aliphatic carbocycles. The van der Waals surface area contributed by atoms with Gasteiger partial charge in [-0.1, -0.05) is 42.4 Å². The van der Waals surface area contributed by atoms with Gasteiger partial charge in [0.15, 0.2) is 0 Å². The Morgan fingerprint density at radius 3 is 2.79 bits per heavy atom. The van der Waals surface area contributed by atoms with Gasteiger partial charge in [-0.25, -0.2) is 4.98 Å². The quantitative estimate of drug-likeness (QED) is 0.236. The molecule has 3 rings (SSSR count). The Labute approximate surface area is 185 Å². The maximum absolute atomic E-state index is 13.0. The maximum atomic E-state index is 13.0. The molecule has 1 heterocycles. The second-order valence-electron chi connectivity index (χ2n) is 6.44. The number of fused-ring (bicyclic) bond motifs is 1. The molecule has 0 fully saturated rings. The van der Waals surface area contributed by atoms with Gasteiger partial charge in [0.2, 0.25) is 0 Å². The van der Waals surface area contributed by atoms with Crippen molar-refractivity contribution in [2.75, 3.05) is 6.61 Å². The van der Waals surface area contributed by atoms with E-state index in [1.165, 1.54) is 4.68 Å². The van der Waals surface area contributed by atoms with Gasteiger partial charge < -0.3 is 4.74 Å². The number of nitrogens with zero attached hydrogens (tertiary/aromatic N) is 3. The molecule has 3 aromatic rings. The van der Waals surface area contributed by atoms with Gasteiger partial charge >= 0.3 is 0 Å². The van der Waals surface area contributed by atoms with Crippen LogP contribution in [0, 0.1) is 3.57 Å². The topological polar surface area (TPSA) is 56.5 Å². The van der Waals surface area contributed by atoms with Crippen LogP contribution in [-0.4, -0.2) is 22.5 Å². The first-order chi connectivity index (χ1) is 13.4. The van der Waals surface area contributed by atoms with Crippen molar-refractivity contribution >= 4 is 55.6 Å². The van der Waals surface area contributed by atoms with E-state index in [-0.39, 0.29) is 11.5 Å². The van der Waals surface area contributed by atoms with Gasteiger partial charge in [0, 0.05) is 10.4 Å². The Hall–Kier alpha value is -2.00. The predicted octanol–water partition coefficient (Wildman–Crippen LogP) is 5.33. The zero-order valence-corrected chi connectivity index (χ0v) is 19.3. The molecule has 0 N–H and O–H groups in total. The predicted molar refractivity (Wildman–Crippen MR) is 126 cm³/mol. The lowest BCUT2D eigenvalue weighted by Crippen LogP contribution is -2.23. The first-order valence-corrected chi connectivity index (χ1v) is 10.6. The van der Waals surface area contributed by atoms with Crippen LogP contribution in [0.5, 0.6) is 5.75 Å². The lowest BCUT2D eigenvalue weighted by Gasteiger charge is -2.12. The van der Waals surface area contributed by atoms with Crippen molar-refractivity contribution in [2.24, 2.45) is 5.10 Å². The molecule has 28 heavy (non-hydrogen) atoms. The normalized spacial score (nSPS) is 11.5. The van der Waals surface area contributed by atoms with Crippen LogP contribution >= 0.6 is 38.5 Å². The average molecular weight is 552 g/mol. The van der Waals surface area contributed by atoms with E-state index in [0.717, 1.165) is 19.4 Å². The fourth-order valence-corrected chi connectivity index (χ4v) is 3.69. The lowest BCUT2D eigenvalue weighted by atomic mass is 10.2. The van der Waals surface area contributed by atoms with Gasteiger partial charge in [-0.2, -0.15) is 9.78 Å². The van der Waals surface area contributed by atoms with Crippen LogP contribution in [0.15, 0.2) is 63.4 Å². The number of halogens is 2. The van der Waals surface area contributed by atoms with Gasteiger partial charge in [0.25, 0.3) is 5.56 Å². The second kappa shape index (κ2) is 9.00. The van der Waals surface area contributed by atoms with Crippen molar-refractivity contribution in [1.29, 1.82) is 0 Å². The molecular formula is C21H19BrIN3O2. The first kappa shape index (κ1) is 20.7. The molecule has 0 spiro atoms. The summed E-state index contributed by atoms with van der Waals surface area (Å²) in [6.07, 6.45) is 3.37.